The third kappa shape index (κ3) is 6.46. The summed E-state index contributed by atoms with van der Waals surface area (Å²) in [6, 6.07) is 21.2. The monoisotopic (exact) mass is 544 g/mol. The van der Waals surface area contributed by atoms with Gasteiger partial charge < -0.3 is 29.1 Å². The highest BCUT2D eigenvalue weighted by Crippen LogP contribution is 2.42. The second-order valence-electron chi connectivity index (χ2n) is 9.79. The van der Waals surface area contributed by atoms with E-state index in [0.717, 1.165) is 12.1 Å². The number of carbonyl (C=O) groups is 2. The lowest BCUT2D eigenvalue weighted by molar-refractivity contribution is -0.139. The van der Waals surface area contributed by atoms with E-state index in [1.165, 1.54) is 4.90 Å². The Balaban J connectivity index is 1.75. The molecule has 210 valence electrons. The van der Waals surface area contributed by atoms with Crippen LogP contribution in [0.1, 0.15) is 36.1 Å². The summed E-state index contributed by atoms with van der Waals surface area (Å²) in [4.78, 5) is 30.2. The first kappa shape index (κ1) is 28.7. The van der Waals surface area contributed by atoms with Gasteiger partial charge in [0.15, 0.2) is 11.5 Å². The van der Waals surface area contributed by atoms with Gasteiger partial charge in [-0.1, -0.05) is 48.5 Å². The smallest absolute Gasteiger partial charge is 0.295 e. The van der Waals surface area contributed by atoms with Crippen molar-refractivity contribution in [2.45, 2.75) is 26.0 Å². The minimum absolute atomic E-state index is 0.0310. The summed E-state index contributed by atoms with van der Waals surface area (Å²) in [6.45, 7) is 3.76. The van der Waals surface area contributed by atoms with Gasteiger partial charge in [-0.15, -0.1) is 0 Å². The van der Waals surface area contributed by atoms with Crippen molar-refractivity contribution >= 4 is 17.4 Å². The number of aliphatic hydroxyl groups excluding tert-OH is 1. The summed E-state index contributed by atoms with van der Waals surface area (Å²) in [5.41, 5.74) is 2.08. The van der Waals surface area contributed by atoms with Crippen molar-refractivity contribution in [2.75, 3.05) is 40.9 Å². The molecule has 1 aliphatic heterocycles. The van der Waals surface area contributed by atoms with E-state index in [-0.39, 0.29) is 11.3 Å². The number of Topliss-reactive ketones (excluding diaryl/α,β-unsaturated/α-hetero) is 1. The molecular formula is C32H36N2O6. The highest BCUT2D eigenvalue weighted by molar-refractivity contribution is 6.46. The van der Waals surface area contributed by atoms with Crippen molar-refractivity contribution in [1.82, 2.24) is 9.80 Å². The molecular weight excluding hydrogens is 508 g/mol. The van der Waals surface area contributed by atoms with Gasteiger partial charge in [-0.25, -0.2) is 0 Å². The number of likely N-dealkylation sites (tertiary alicyclic amines) is 1. The quantitative estimate of drug-likeness (QED) is 0.194. The molecule has 40 heavy (non-hydrogen) atoms. The predicted octanol–water partition coefficient (Wildman–Crippen LogP) is 5.05. The number of hydrogen-bond acceptors (Lipinski definition) is 7. The van der Waals surface area contributed by atoms with Gasteiger partial charge in [-0.3, -0.25) is 9.59 Å². The summed E-state index contributed by atoms with van der Waals surface area (Å²) in [7, 11) is 5.45. The fourth-order valence-corrected chi connectivity index (χ4v) is 4.78. The first-order valence-corrected chi connectivity index (χ1v) is 13.3. The number of methoxy groups -OCH3 is 1. The van der Waals surface area contributed by atoms with Gasteiger partial charge >= 0.3 is 0 Å². The average Bonchev–Trinajstić information content (AvgIpc) is 3.21. The van der Waals surface area contributed by atoms with Crippen LogP contribution in [0.2, 0.25) is 0 Å². The standard InChI is InChI=1S/C32H36N2O6/c1-5-39-25-14-9-13-24(19-25)30(35)28-29(34(32(37)31(28)36)18-10-17-33(2)3)23-15-16-26(27(20-23)38-4)40-21-22-11-7-6-8-12-22/h6-9,11-16,19-20,29,35H,5,10,17-18,21H2,1-4H3/b30-28+. The maximum absolute atomic E-state index is 13.4. The molecule has 1 atom stereocenters. The molecule has 4 rings (SSSR count). The van der Waals surface area contributed by atoms with Gasteiger partial charge in [0.25, 0.3) is 11.7 Å². The lowest BCUT2D eigenvalue weighted by Gasteiger charge is -2.26. The van der Waals surface area contributed by atoms with Crippen LogP contribution < -0.4 is 14.2 Å². The third-order valence-corrected chi connectivity index (χ3v) is 6.70. The van der Waals surface area contributed by atoms with Crippen LogP contribution in [0.5, 0.6) is 17.2 Å². The van der Waals surface area contributed by atoms with E-state index in [0.29, 0.717) is 54.6 Å². The van der Waals surface area contributed by atoms with Crippen molar-refractivity contribution < 1.29 is 28.9 Å². The molecule has 3 aromatic carbocycles. The molecule has 0 radical (unpaired) electrons. The Morgan fingerprint density at radius 2 is 1.73 bits per heavy atom. The lowest BCUT2D eigenvalue weighted by atomic mass is 9.95. The topological polar surface area (TPSA) is 88.5 Å². The molecule has 8 nitrogen and oxygen atoms in total. The van der Waals surface area contributed by atoms with Crippen molar-refractivity contribution in [3.05, 3.63) is 95.1 Å². The van der Waals surface area contributed by atoms with Crippen molar-refractivity contribution in [2.24, 2.45) is 0 Å². The number of ketones is 1. The highest BCUT2D eigenvalue weighted by Gasteiger charge is 2.46. The zero-order valence-electron chi connectivity index (χ0n) is 23.4. The van der Waals surface area contributed by atoms with Crippen LogP contribution in [0.3, 0.4) is 0 Å². The molecule has 0 spiro atoms. The minimum Gasteiger partial charge on any atom is -0.507 e. The second kappa shape index (κ2) is 13.2. The number of carbonyl (C=O) groups excluding carboxylic acids is 2. The van der Waals surface area contributed by atoms with E-state index >= 15 is 0 Å². The van der Waals surface area contributed by atoms with Gasteiger partial charge in [0.05, 0.1) is 25.3 Å². The molecule has 0 bridgehead atoms. The lowest BCUT2D eigenvalue weighted by Crippen LogP contribution is -2.32. The fraction of sp³-hybridized carbons (Fsp3) is 0.312. The van der Waals surface area contributed by atoms with Crippen LogP contribution in [0.25, 0.3) is 5.76 Å². The highest BCUT2D eigenvalue weighted by atomic mass is 16.5. The van der Waals surface area contributed by atoms with Crippen LogP contribution >= 0.6 is 0 Å². The third-order valence-electron chi connectivity index (χ3n) is 6.70. The van der Waals surface area contributed by atoms with Gasteiger partial charge in [-0.2, -0.15) is 0 Å². The van der Waals surface area contributed by atoms with Gasteiger partial charge in [0.1, 0.15) is 18.1 Å². The van der Waals surface area contributed by atoms with E-state index in [1.807, 2.05) is 62.3 Å². The van der Waals surface area contributed by atoms with Gasteiger partial charge in [-0.05, 0) is 69.4 Å². The molecule has 1 aliphatic rings. The number of ether oxygens (including phenoxy) is 3. The summed E-state index contributed by atoms with van der Waals surface area (Å²) < 4.78 is 17.2. The zero-order chi connectivity index (χ0) is 28.6. The van der Waals surface area contributed by atoms with Crippen molar-refractivity contribution in [3.8, 4) is 17.2 Å². The molecule has 1 N–H and O–H groups in total. The largest absolute Gasteiger partial charge is 0.507 e. The Morgan fingerprint density at radius 1 is 0.950 bits per heavy atom. The number of benzene rings is 3. The summed E-state index contributed by atoms with van der Waals surface area (Å²) in [5, 5.41) is 11.4. The molecule has 1 heterocycles. The van der Waals surface area contributed by atoms with Crippen LogP contribution in [0.15, 0.2) is 78.4 Å². The number of hydrogen-bond donors (Lipinski definition) is 1. The zero-order valence-corrected chi connectivity index (χ0v) is 23.4. The molecule has 0 saturated carbocycles. The first-order chi connectivity index (χ1) is 19.3. The summed E-state index contributed by atoms with van der Waals surface area (Å²) >= 11 is 0. The number of rotatable bonds is 12. The van der Waals surface area contributed by atoms with Crippen LogP contribution in [-0.2, 0) is 16.2 Å². The molecule has 0 aromatic heterocycles. The summed E-state index contributed by atoms with van der Waals surface area (Å²) in [6.07, 6.45) is 0.659. The molecule has 0 aliphatic carbocycles. The van der Waals surface area contributed by atoms with E-state index in [2.05, 4.69) is 0 Å². The Kier molecular flexibility index (Phi) is 9.45. The van der Waals surface area contributed by atoms with Crippen LogP contribution in [0.4, 0.5) is 0 Å². The number of amides is 1. The van der Waals surface area contributed by atoms with Crippen molar-refractivity contribution in [3.63, 3.8) is 0 Å². The van der Waals surface area contributed by atoms with Gasteiger partial charge in [0.2, 0.25) is 0 Å². The van der Waals surface area contributed by atoms with Crippen molar-refractivity contribution in [1.29, 1.82) is 0 Å². The summed E-state index contributed by atoms with van der Waals surface area (Å²) in [5.74, 6) is -0.0600. The van der Waals surface area contributed by atoms with E-state index in [9.17, 15) is 14.7 Å². The minimum atomic E-state index is -0.796. The van der Waals surface area contributed by atoms with E-state index in [1.54, 1.807) is 43.5 Å². The Morgan fingerprint density at radius 3 is 2.42 bits per heavy atom. The molecule has 1 fully saturated rings. The SMILES string of the molecule is CCOc1cccc(/C(O)=C2\C(=O)C(=O)N(CCCN(C)C)C2c2ccc(OCc3ccccc3)c(OC)c2)c1. The van der Waals surface area contributed by atoms with E-state index < -0.39 is 17.7 Å². The Bertz CT molecular complexity index is 1370. The molecule has 1 amide bonds. The normalized spacial score (nSPS) is 16.4. The predicted molar refractivity (Wildman–Crippen MR) is 154 cm³/mol. The number of nitrogens with zero attached hydrogens (tertiary/aromatic N) is 2. The Hall–Kier alpha value is -4.30. The number of aliphatic hydroxyl groups is 1. The van der Waals surface area contributed by atoms with Crippen LogP contribution in [-0.4, -0.2) is 67.5 Å². The maximum Gasteiger partial charge on any atom is 0.295 e. The Labute approximate surface area is 235 Å². The fourth-order valence-electron chi connectivity index (χ4n) is 4.78. The van der Waals surface area contributed by atoms with E-state index in [4.69, 9.17) is 14.2 Å². The molecule has 8 heteroatoms. The molecule has 1 saturated heterocycles. The van der Waals surface area contributed by atoms with Gasteiger partial charge in [0, 0.05) is 12.1 Å². The first-order valence-electron chi connectivity index (χ1n) is 13.3. The molecule has 1 unspecified atom stereocenters. The average molecular weight is 545 g/mol. The maximum atomic E-state index is 13.4. The van der Waals surface area contributed by atoms with Crippen LogP contribution in [0, 0.1) is 0 Å². The molecule has 3 aromatic rings. The second-order valence-corrected chi connectivity index (χ2v) is 9.79.